The topological polar surface area (TPSA) is 39.2 Å². The molecule has 0 amide bonds. The molecule has 0 N–H and O–H groups in total. The summed E-state index contributed by atoms with van der Waals surface area (Å²) >= 11 is 13.1. The SMILES string of the molecule is C=C(c1cccc([C@@](C)(Cl)C(C)OC(=O)c2ccccc2)c1)c1ccc2ccc(Cl)cc2n1. The van der Waals surface area contributed by atoms with Gasteiger partial charge in [-0.15, -0.1) is 11.6 Å². The number of fused-ring (bicyclic) bond motifs is 1. The maximum Gasteiger partial charge on any atom is 0.338 e. The van der Waals surface area contributed by atoms with Crippen molar-refractivity contribution < 1.29 is 9.53 Å². The van der Waals surface area contributed by atoms with Crippen molar-refractivity contribution in [2.24, 2.45) is 0 Å². The number of carbonyl (C=O) groups excluding carboxylic acids is 1. The van der Waals surface area contributed by atoms with E-state index in [4.69, 9.17) is 32.9 Å². The molecule has 1 aromatic heterocycles. The summed E-state index contributed by atoms with van der Waals surface area (Å²) in [5, 5.41) is 1.64. The highest BCUT2D eigenvalue weighted by Crippen LogP contribution is 2.36. The summed E-state index contributed by atoms with van der Waals surface area (Å²) in [6.07, 6.45) is -0.573. The zero-order valence-corrected chi connectivity index (χ0v) is 19.9. The third kappa shape index (κ3) is 4.95. The van der Waals surface area contributed by atoms with Gasteiger partial charge in [0, 0.05) is 16.0 Å². The molecule has 4 aromatic rings. The molecular formula is C28H23Cl2NO2. The van der Waals surface area contributed by atoms with Gasteiger partial charge in [-0.3, -0.25) is 0 Å². The van der Waals surface area contributed by atoms with Crippen LogP contribution in [0.15, 0.2) is 91.5 Å². The van der Waals surface area contributed by atoms with Crippen LogP contribution in [0.25, 0.3) is 16.5 Å². The van der Waals surface area contributed by atoms with Crippen molar-refractivity contribution >= 4 is 45.6 Å². The molecule has 0 aliphatic carbocycles. The Morgan fingerprint density at radius 1 is 0.970 bits per heavy atom. The van der Waals surface area contributed by atoms with Gasteiger partial charge in [0.1, 0.15) is 11.0 Å². The molecule has 166 valence electrons. The number of esters is 1. The molecule has 4 rings (SSSR count). The lowest BCUT2D eigenvalue weighted by atomic mass is 9.91. The zero-order chi connectivity index (χ0) is 23.6. The maximum absolute atomic E-state index is 12.5. The Labute approximate surface area is 203 Å². The van der Waals surface area contributed by atoms with Crippen molar-refractivity contribution in [3.05, 3.63) is 119 Å². The smallest absolute Gasteiger partial charge is 0.338 e. The number of ether oxygens (including phenoxy) is 1. The van der Waals surface area contributed by atoms with Crippen molar-refractivity contribution in [2.75, 3.05) is 0 Å². The number of pyridine rings is 1. The van der Waals surface area contributed by atoms with E-state index in [1.807, 2.05) is 67.6 Å². The Balaban J connectivity index is 1.58. The molecular weight excluding hydrogens is 453 g/mol. The number of aromatic nitrogens is 1. The van der Waals surface area contributed by atoms with Gasteiger partial charge in [-0.25, -0.2) is 9.78 Å². The third-order valence-electron chi connectivity index (χ3n) is 5.80. The number of halogens is 2. The van der Waals surface area contributed by atoms with Crippen molar-refractivity contribution in [3.8, 4) is 0 Å². The fourth-order valence-electron chi connectivity index (χ4n) is 3.57. The van der Waals surface area contributed by atoms with Gasteiger partial charge in [-0.1, -0.05) is 66.7 Å². The average Bonchev–Trinajstić information content (AvgIpc) is 2.83. The second kappa shape index (κ2) is 9.38. The van der Waals surface area contributed by atoms with Crippen molar-refractivity contribution in [1.82, 2.24) is 4.98 Å². The molecule has 0 bridgehead atoms. The molecule has 5 heteroatoms. The van der Waals surface area contributed by atoms with Crippen LogP contribution in [0.4, 0.5) is 0 Å². The van der Waals surface area contributed by atoms with E-state index in [9.17, 15) is 4.79 Å². The molecule has 0 spiro atoms. The van der Waals surface area contributed by atoms with Crippen LogP contribution in [0.1, 0.15) is 41.0 Å². The summed E-state index contributed by atoms with van der Waals surface area (Å²) in [6.45, 7) is 7.90. The highest BCUT2D eigenvalue weighted by atomic mass is 35.5. The van der Waals surface area contributed by atoms with E-state index in [-0.39, 0.29) is 0 Å². The number of alkyl halides is 1. The molecule has 3 aromatic carbocycles. The number of nitrogens with zero attached hydrogens (tertiary/aromatic N) is 1. The van der Waals surface area contributed by atoms with Gasteiger partial charge >= 0.3 is 5.97 Å². The van der Waals surface area contributed by atoms with E-state index in [1.54, 1.807) is 31.2 Å². The van der Waals surface area contributed by atoms with Crippen molar-refractivity contribution in [1.29, 1.82) is 0 Å². The van der Waals surface area contributed by atoms with E-state index < -0.39 is 16.9 Å². The first-order valence-electron chi connectivity index (χ1n) is 10.6. The number of hydrogen-bond donors (Lipinski definition) is 0. The summed E-state index contributed by atoms with van der Waals surface area (Å²) in [7, 11) is 0. The summed E-state index contributed by atoms with van der Waals surface area (Å²) in [6, 6.07) is 26.2. The maximum atomic E-state index is 12.5. The molecule has 0 radical (unpaired) electrons. The van der Waals surface area contributed by atoms with Crippen LogP contribution in [0.3, 0.4) is 0 Å². The van der Waals surface area contributed by atoms with Crippen LogP contribution < -0.4 is 0 Å². The van der Waals surface area contributed by atoms with E-state index in [1.165, 1.54) is 0 Å². The second-order valence-electron chi connectivity index (χ2n) is 8.08. The molecule has 33 heavy (non-hydrogen) atoms. The monoisotopic (exact) mass is 475 g/mol. The van der Waals surface area contributed by atoms with Crippen LogP contribution in [0.5, 0.6) is 0 Å². The Bertz CT molecular complexity index is 1330. The highest BCUT2D eigenvalue weighted by molar-refractivity contribution is 6.31. The van der Waals surface area contributed by atoms with E-state index in [0.29, 0.717) is 10.6 Å². The molecule has 3 nitrogen and oxygen atoms in total. The summed E-state index contributed by atoms with van der Waals surface area (Å²) in [4.78, 5) is 16.3. The van der Waals surface area contributed by atoms with Gasteiger partial charge < -0.3 is 4.74 Å². The Morgan fingerprint density at radius 2 is 1.67 bits per heavy atom. The van der Waals surface area contributed by atoms with Crippen LogP contribution in [-0.2, 0) is 9.61 Å². The average molecular weight is 476 g/mol. The van der Waals surface area contributed by atoms with Gasteiger partial charge in [0.2, 0.25) is 0 Å². The Kier molecular flexibility index (Phi) is 6.55. The number of benzene rings is 3. The van der Waals surface area contributed by atoms with Gasteiger partial charge in [0.25, 0.3) is 0 Å². The quantitative estimate of drug-likeness (QED) is 0.212. The minimum atomic E-state index is -0.939. The van der Waals surface area contributed by atoms with Crippen LogP contribution >= 0.6 is 23.2 Å². The minimum absolute atomic E-state index is 0.408. The molecule has 1 unspecified atom stereocenters. The Morgan fingerprint density at radius 3 is 2.42 bits per heavy atom. The fraction of sp³-hybridized carbons (Fsp3) is 0.143. The first-order valence-corrected chi connectivity index (χ1v) is 11.3. The summed E-state index contributed by atoms with van der Waals surface area (Å²) in [5.74, 6) is -0.408. The largest absolute Gasteiger partial charge is 0.457 e. The second-order valence-corrected chi connectivity index (χ2v) is 9.30. The van der Waals surface area contributed by atoms with Gasteiger partial charge in [0.05, 0.1) is 16.8 Å². The number of hydrogen-bond acceptors (Lipinski definition) is 3. The van der Waals surface area contributed by atoms with Gasteiger partial charge in [-0.2, -0.15) is 0 Å². The van der Waals surface area contributed by atoms with Gasteiger partial charge in [-0.05, 0) is 61.4 Å². The molecule has 0 fully saturated rings. The molecule has 0 saturated heterocycles. The van der Waals surface area contributed by atoms with Crippen LogP contribution in [0, 0.1) is 0 Å². The molecule has 0 saturated carbocycles. The zero-order valence-electron chi connectivity index (χ0n) is 18.4. The molecule has 0 aliphatic rings. The standard InChI is InChI=1S/C28H23Cl2NO2/c1-18(25-15-13-20-12-14-24(29)17-26(20)31-25)22-10-7-11-23(16-22)28(3,30)19(2)33-27(32)21-8-5-4-6-9-21/h4-17,19H,1H2,2-3H3/t19?,28-/m0/s1. The Hall–Kier alpha value is -3.14. The third-order valence-corrected chi connectivity index (χ3v) is 6.56. The lowest BCUT2D eigenvalue weighted by Crippen LogP contribution is -2.33. The van der Waals surface area contributed by atoms with Crippen LogP contribution in [0.2, 0.25) is 5.02 Å². The normalized spacial score (nSPS) is 13.8. The number of carbonyl (C=O) groups is 1. The van der Waals surface area contributed by atoms with E-state index in [0.717, 1.165) is 33.3 Å². The van der Waals surface area contributed by atoms with E-state index >= 15 is 0 Å². The van der Waals surface area contributed by atoms with Crippen LogP contribution in [-0.4, -0.2) is 17.1 Å². The van der Waals surface area contributed by atoms with E-state index in [2.05, 4.69) is 6.58 Å². The van der Waals surface area contributed by atoms with Crippen molar-refractivity contribution in [2.45, 2.75) is 24.8 Å². The predicted octanol–water partition coefficient (Wildman–Crippen LogP) is 7.65. The fourth-order valence-corrected chi connectivity index (χ4v) is 3.89. The first kappa shape index (κ1) is 23.0. The molecule has 1 heterocycles. The van der Waals surface area contributed by atoms with Gasteiger partial charge in [0.15, 0.2) is 0 Å². The van der Waals surface area contributed by atoms with Crippen molar-refractivity contribution in [3.63, 3.8) is 0 Å². The molecule has 2 atom stereocenters. The molecule has 0 aliphatic heterocycles. The first-order chi connectivity index (χ1) is 15.8. The summed E-state index contributed by atoms with van der Waals surface area (Å²) in [5.41, 5.74) is 4.51. The lowest BCUT2D eigenvalue weighted by molar-refractivity contribution is 0.0251. The predicted molar refractivity (Wildman–Crippen MR) is 136 cm³/mol. The lowest BCUT2D eigenvalue weighted by Gasteiger charge is -2.30. The minimum Gasteiger partial charge on any atom is -0.457 e. The highest BCUT2D eigenvalue weighted by Gasteiger charge is 2.34. The summed E-state index contributed by atoms with van der Waals surface area (Å²) < 4.78 is 5.68. The number of rotatable bonds is 6.